The van der Waals surface area contributed by atoms with Gasteiger partial charge < -0.3 is 14.9 Å². The number of ether oxygens (including phenoxy) is 1. The SMILES string of the molecule is OC/C=C/[C@H]1[C@@H]2CC[C@@H](C2)[C@H]1[C@@H]1O[C@@H]1CO. The summed E-state index contributed by atoms with van der Waals surface area (Å²) >= 11 is 0. The molecule has 0 aromatic rings. The van der Waals surface area contributed by atoms with E-state index in [0.29, 0.717) is 11.8 Å². The molecule has 16 heavy (non-hydrogen) atoms. The monoisotopic (exact) mass is 224 g/mol. The highest BCUT2D eigenvalue weighted by atomic mass is 16.6. The maximum absolute atomic E-state index is 9.09. The van der Waals surface area contributed by atoms with Crippen molar-refractivity contribution < 1.29 is 14.9 Å². The largest absolute Gasteiger partial charge is 0.394 e. The molecule has 3 aliphatic rings. The van der Waals surface area contributed by atoms with Crippen molar-refractivity contribution in [2.45, 2.75) is 31.5 Å². The summed E-state index contributed by atoms with van der Waals surface area (Å²) < 4.78 is 5.57. The molecule has 1 saturated heterocycles. The minimum Gasteiger partial charge on any atom is -0.394 e. The fraction of sp³-hybridized carbons (Fsp3) is 0.846. The molecule has 0 aromatic heterocycles. The van der Waals surface area contributed by atoms with E-state index in [4.69, 9.17) is 14.9 Å². The quantitative estimate of drug-likeness (QED) is 0.552. The number of fused-ring (bicyclic) bond motifs is 2. The molecule has 0 radical (unpaired) electrons. The maximum Gasteiger partial charge on any atom is 0.107 e. The second-order valence-electron chi connectivity index (χ2n) is 5.42. The van der Waals surface area contributed by atoms with E-state index in [0.717, 1.165) is 11.8 Å². The van der Waals surface area contributed by atoms with Crippen molar-refractivity contribution >= 4 is 0 Å². The van der Waals surface area contributed by atoms with Gasteiger partial charge in [0.25, 0.3) is 0 Å². The smallest absolute Gasteiger partial charge is 0.107 e. The van der Waals surface area contributed by atoms with Gasteiger partial charge in [0.05, 0.1) is 19.3 Å². The third-order valence-electron chi connectivity index (χ3n) is 4.69. The van der Waals surface area contributed by atoms with E-state index in [-0.39, 0.29) is 25.4 Å². The van der Waals surface area contributed by atoms with Crippen molar-refractivity contribution in [2.24, 2.45) is 23.7 Å². The topological polar surface area (TPSA) is 53.0 Å². The summed E-state index contributed by atoms with van der Waals surface area (Å²) in [4.78, 5) is 0. The van der Waals surface area contributed by atoms with Gasteiger partial charge in [-0.2, -0.15) is 0 Å². The number of epoxide rings is 1. The second kappa shape index (κ2) is 4.13. The zero-order valence-corrected chi connectivity index (χ0v) is 9.46. The Bertz CT molecular complexity index is 289. The summed E-state index contributed by atoms with van der Waals surface area (Å²) in [6.45, 7) is 0.296. The van der Waals surface area contributed by atoms with E-state index in [2.05, 4.69) is 6.08 Å². The fourth-order valence-corrected chi connectivity index (χ4v) is 4.01. The highest BCUT2D eigenvalue weighted by molar-refractivity contribution is 5.11. The molecule has 6 atom stereocenters. The van der Waals surface area contributed by atoms with Gasteiger partial charge in [-0.25, -0.2) is 0 Å². The molecule has 0 aromatic carbocycles. The van der Waals surface area contributed by atoms with Crippen molar-refractivity contribution in [3.05, 3.63) is 12.2 Å². The molecule has 90 valence electrons. The Morgan fingerprint density at radius 1 is 1.19 bits per heavy atom. The average Bonchev–Trinajstić information content (AvgIpc) is 2.80. The molecular weight excluding hydrogens is 204 g/mol. The third-order valence-corrected chi connectivity index (χ3v) is 4.69. The highest BCUT2D eigenvalue weighted by Gasteiger charge is 2.56. The van der Waals surface area contributed by atoms with Crippen LogP contribution in [0.2, 0.25) is 0 Å². The molecule has 0 unspecified atom stereocenters. The molecule has 3 nitrogen and oxygen atoms in total. The van der Waals surface area contributed by atoms with E-state index in [1.807, 2.05) is 6.08 Å². The van der Waals surface area contributed by atoms with Gasteiger partial charge in [0.1, 0.15) is 6.10 Å². The molecule has 2 saturated carbocycles. The Kier molecular flexibility index (Phi) is 2.78. The predicted molar refractivity (Wildman–Crippen MR) is 59.8 cm³/mol. The van der Waals surface area contributed by atoms with Crippen LogP contribution in [0.3, 0.4) is 0 Å². The maximum atomic E-state index is 9.09. The molecule has 2 bridgehead atoms. The van der Waals surface area contributed by atoms with E-state index >= 15 is 0 Å². The lowest BCUT2D eigenvalue weighted by molar-refractivity contribution is 0.199. The first-order valence-electron chi connectivity index (χ1n) is 6.39. The molecule has 1 aliphatic heterocycles. The number of hydrogen-bond donors (Lipinski definition) is 2. The van der Waals surface area contributed by atoms with Gasteiger partial charge in [-0.3, -0.25) is 0 Å². The lowest BCUT2D eigenvalue weighted by atomic mass is 9.76. The van der Waals surface area contributed by atoms with Crippen LogP contribution in [0.15, 0.2) is 12.2 Å². The van der Waals surface area contributed by atoms with Gasteiger partial charge in [-0.15, -0.1) is 0 Å². The molecule has 2 aliphatic carbocycles. The normalized spacial score (nSPS) is 50.4. The fourth-order valence-electron chi connectivity index (χ4n) is 4.01. The van der Waals surface area contributed by atoms with Gasteiger partial charge in [-0.05, 0) is 42.9 Å². The van der Waals surface area contributed by atoms with E-state index in [1.165, 1.54) is 19.3 Å². The van der Waals surface area contributed by atoms with Crippen LogP contribution < -0.4 is 0 Å². The number of allylic oxidation sites excluding steroid dienone is 1. The minimum atomic E-state index is 0.0920. The molecule has 1 heterocycles. The Morgan fingerprint density at radius 3 is 2.69 bits per heavy atom. The molecule has 0 amide bonds. The summed E-state index contributed by atoms with van der Waals surface area (Å²) in [6.07, 6.45) is 8.42. The van der Waals surface area contributed by atoms with Crippen LogP contribution >= 0.6 is 0 Å². The van der Waals surface area contributed by atoms with Crippen molar-refractivity contribution in [1.29, 1.82) is 0 Å². The Morgan fingerprint density at radius 2 is 2.00 bits per heavy atom. The van der Waals surface area contributed by atoms with Crippen LogP contribution in [0.5, 0.6) is 0 Å². The summed E-state index contributed by atoms with van der Waals surface area (Å²) in [5, 5.41) is 18.0. The zero-order valence-electron chi connectivity index (χ0n) is 9.46. The third kappa shape index (κ3) is 1.62. The molecular formula is C13H20O3. The standard InChI is InChI=1S/C13H20O3/c14-5-1-2-10-8-3-4-9(6-8)12(10)13-11(7-15)16-13/h1-2,8-15H,3-7H2/b2-1+/t8-,9+,10+,11-,12-,13-/m1/s1. The number of rotatable bonds is 4. The van der Waals surface area contributed by atoms with Crippen molar-refractivity contribution in [1.82, 2.24) is 0 Å². The Hall–Kier alpha value is -0.380. The van der Waals surface area contributed by atoms with Gasteiger partial charge in [0.15, 0.2) is 0 Å². The molecule has 2 N–H and O–H groups in total. The van der Waals surface area contributed by atoms with Gasteiger partial charge in [-0.1, -0.05) is 12.2 Å². The molecule has 3 fully saturated rings. The summed E-state index contributed by atoms with van der Waals surface area (Å²) in [5.74, 6) is 2.76. The molecule has 3 rings (SSSR count). The van der Waals surface area contributed by atoms with Crippen molar-refractivity contribution in [3.63, 3.8) is 0 Å². The predicted octanol–water partition coefficient (Wildman–Crippen LogP) is 0.957. The van der Waals surface area contributed by atoms with Gasteiger partial charge in [0, 0.05) is 0 Å². The van der Waals surface area contributed by atoms with Crippen molar-refractivity contribution in [3.8, 4) is 0 Å². The first-order valence-corrected chi connectivity index (χ1v) is 6.39. The first kappa shape index (κ1) is 10.8. The highest BCUT2D eigenvalue weighted by Crippen LogP contribution is 2.57. The van der Waals surface area contributed by atoms with E-state index < -0.39 is 0 Å². The van der Waals surface area contributed by atoms with Crippen molar-refractivity contribution in [2.75, 3.05) is 13.2 Å². The Labute approximate surface area is 96.1 Å². The van der Waals surface area contributed by atoms with E-state index in [9.17, 15) is 0 Å². The second-order valence-corrected chi connectivity index (χ2v) is 5.42. The first-order chi connectivity index (χ1) is 7.85. The summed E-state index contributed by atoms with van der Waals surface area (Å²) in [6, 6.07) is 0. The average molecular weight is 224 g/mol. The lowest BCUT2D eigenvalue weighted by Gasteiger charge is -2.27. The van der Waals surface area contributed by atoms with Gasteiger partial charge in [0.2, 0.25) is 0 Å². The minimum absolute atomic E-state index is 0.0920. The number of hydrogen-bond acceptors (Lipinski definition) is 3. The van der Waals surface area contributed by atoms with Crippen LogP contribution in [0.25, 0.3) is 0 Å². The van der Waals surface area contributed by atoms with Gasteiger partial charge >= 0.3 is 0 Å². The van der Waals surface area contributed by atoms with Crippen LogP contribution in [0.1, 0.15) is 19.3 Å². The number of aliphatic hydroxyl groups is 2. The van der Waals surface area contributed by atoms with Crippen LogP contribution in [0.4, 0.5) is 0 Å². The summed E-state index contributed by atoms with van der Waals surface area (Å²) in [5.41, 5.74) is 0. The Balaban J connectivity index is 1.72. The molecule has 3 heteroatoms. The number of aliphatic hydroxyl groups excluding tert-OH is 2. The summed E-state index contributed by atoms with van der Waals surface area (Å²) in [7, 11) is 0. The van der Waals surface area contributed by atoms with E-state index in [1.54, 1.807) is 0 Å². The molecule has 0 spiro atoms. The lowest BCUT2D eigenvalue weighted by Crippen LogP contribution is -2.27. The van der Waals surface area contributed by atoms with Crippen LogP contribution in [-0.2, 0) is 4.74 Å². The van der Waals surface area contributed by atoms with Crippen LogP contribution in [0, 0.1) is 23.7 Å². The zero-order chi connectivity index (χ0) is 11.1. The van der Waals surface area contributed by atoms with Crippen LogP contribution in [-0.4, -0.2) is 35.6 Å².